The van der Waals surface area contributed by atoms with Crippen LogP contribution in [0, 0.1) is 13.8 Å². The number of carbonyl (C=O) groups excluding carboxylic acids is 1. The SMILES string of the molecule is Cc1cn(Cc2cccc(NC(=O)c3ccc(C)c(Nc4nccc(-c5cccnc5)n4)c3)c2)cn1. The van der Waals surface area contributed by atoms with E-state index in [0.29, 0.717) is 18.1 Å². The van der Waals surface area contributed by atoms with Gasteiger partial charge in [0.2, 0.25) is 5.95 Å². The first-order chi connectivity index (χ1) is 17.5. The van der Waals surface area contributed by atoms with Gasteiger partial charge in [0.25, 0.3) is 5.91 Å². The van der Waals surface area contributed by atoms with Gasteiger partial charge in [-0.3, -0.25) is 9.78 Å². The Hall–Kier alpha value is -4.85. The lowest BCUT2D eigenvalue weighted by molar-refractivity contribution is 0.102. The molecule has 0 bridgehead atoms. The van der Waals surface area contributed by atoms with Gasteiger partial charge in [0.1, 0.15) is 0 Å². The highest BCUT2D eigenvalue weighted by Crippen LogP contribution is 2.23. The Labute approximate surface area is 209 Å². The van der Waals surface area contributed by atoms with Crippen molar-refractivity contribution >= 4 is 23.2 Å². The summed E-state index contributed by atoms with van der Waals surface area (Å²) >= 11 is 0. The molecule has 0 atom stereocenters. The number of aryl methyl sites for hydroxylation is 2. The quantitative estimate of drug-likeness (QED) is 0.327. The summed E-state index contributed by atoms with van der Waals surface area (Å²) < 4.78 is 2.01. The number of pyridine rings is 1. The molecule has 0 saturated heterocycles. The zero-order valence-electron chi connectivity index (χ0n) is 20.0. The van der Waals surface area contributed by atoms with E-state index in [0.717, 1.165) is 39.5 Å². The van der Waals surface area contributed by atoms with Crippen LogP contribution in [0.4, 0.5) is 17.3 Å². The Kier molecular flexibility index (Phi) is 6.48. The van der Waals surface area contributed by atoms with Crippen molar-refractivity contribution in [2.75, 3.05) is 10.6 Å². The van der Waals surface area contributed by atoms with Crippen molar-refractivity contribution in [1.82, 2.24) is 24.5 Å². The highest BCUT2D eigenvalue weighted by atomic mass is 16.1. The Morgan fingerprint density at radius 3 is 2.69 bits per heavy atom. The molecule has 36 heavy (non-hydrogen) atoms. The first-order valence-corrected chi connectivity index (χ1v) is 11.5. The van der Waals surface area contributed by atoms with Gasteiger partial charge < -0.3 is 15.2 Å². The van der Waals surface area contributed by atoms with Crippen molar-refractivity contribution in [3.8, 4) is 11.3 Å². The molecule has 178 valence electrons. The molecule has 8 nitrogen and oxygen atoms in total. The fraction of sp³-hybridized carbons (Fsp3) is 0.107. The topological polar surface area (TPSA) is 97.6 Å². The fourth-order valence-electron chi connectivity index (χ4n) is 3.83. The zero-order valence-corrected chi connectivity index (χ0v) is 20.0. The third-order valence-corrected chi connectivity index (χ3v) is 5.67. The monoisotopic (exact) mass is 475 g/mol. The van der Waals surface area contributed by atoms with Crippen LogP contribution in [0.5, 0.6) is 0 Å². The summed E-state index contributed by atoms with van der Waals surface area (Å²) in [6, 6.07) is 19.0. The van der Waals surface area contributed by atoms with Gasteiger partial charge in [0, 0.05) is 53.8 Å². The van der Waals surface area contributed by atoms with E-state index < -0.39 is 0 Å². The predicted molar refractivity (Wildman–Crippen MR) is 140 cm³/mol. The summed E-state index contributed by atoms with van der Waals surface area (Å²) in [7, 11) is 0. The standard InChI is InChI=1S/C28H25N7O/c1-19-8-9-22(14-26(19)34-28-30-12-10-25(33-28)23-6-4-11-29-15-23)27(36)32-24-7-3-5-21(13-24)17-35-16-20(2)31-18-35/h3-16,18H,17H2,1-2H3,(H,32,36)(H,30,33,34). The summed E-state index contributed by atoms with van der Waals surface area (Å²) in [6.07, 6.45) is 8.97. The molecule has 0 saturated carbocycles. The van der Waals surface area contributed by atoms with Crippen LogP contribution in [0.25, 0.3) is 11.3 Å². The second kappa shape index (κ2) is 10.2. The van der Waals surface area contributed by atoms with Crippen molar-refractivity contribution < 1.29 is 4.79 Å². The molecular formula is C28H25N7O. The third-order valence-electron chi connectivity index (χ3n) is 5.67. The third kappa shape index (κ3) is 5.44. The summed E-state index contributed by atoms with van der Waals surface area (Å²) in [5.41, 5.74) is 6.70. The molecule has 0 fully saturated rings. The van der Waals surface area contributed by atoms with Gasteiger partial charge in [0.15, 0.2) is 0 Å². The number of nitrogens with zero attached hydrogens (tertiary/aromatic N) is 5. The minimum Gasteiger partial charge on any atom is -0.333 e. The molecular weight excluding hydrogens is 450 g/mol. The van der Waals surface area contributed by atoms with E-state index in [9.17, 15) is 4.79 Å². The van der Waals surface area contributed by atoms with E-state index in [4.69, 9.17) is 0 Å². The summed E-state index contributed by atoms with van der Waals surface area (Å²) in [5.74, 6) is 0.248. The number of benzene rings is 2. The average Bonchev–Trinajstić information content (AvgIpc) is 3.30. The van der Waals surface area contributed by atoms with Crippen LogP contribution in [0.3, 0.4) is 0 Å². The van der Waals surface area contributed by atoms with Crippen LogP contribution in [-0.2, 0) is 6.54 Å². The van der Waals surface area contributed by atoms with Gasteiger partial charge in [-0.15, -0.1) is 0 Å². The van der Waals surface area contributed by atoms with Gasteiger partial charge >= 0.3 is 0 Å². The lowest BCUT2D eigenvalue weighted by atomic mass is 10.1. The van der Waals surface area contributed by atoms with Crippen LogP contribution >= 0.6 is 0 Å². The molecule has 8 heteroatoms. The molecule has 3 aromatic heterocycles. The average molecular weight is 476 g/mol. The molecule has 0 unspecified atom stereocenters. The highest BCUT2D eigenvalue weighted by Gasteiger charge is 2.11. The maximum Gasteiger partial charge on any atom is 0.255 e. The maximum atomic E-state index is 13.0. The number of rotatable bonds is 7. The van der Waals surface area contributed by atoms with Gasteiger partial charge in [0.05, 0.1) is 17.7 Å². The Morgan fingerprint density at radius 2 is 1.89 bits per heavy atom. The van der Waals surface area contributed by atoms with Crippen molar-refractivity contribution in [3.05, 3.63) is 114 Å². The largest absolute Gasteiger partial charge is 0.333 e. The van der Waals surface area contributed by atoms with E-state index in [2.05, 4.69) is 30.6 Å². The second-order valence-corrected chi connectivity index (χ2v) is 8.50. The minimum atomic E-state index is -0.196. The highest BCUT2D eigenvalue weighted by molar-refractivity contribution is 6.05. The van der Waals surface area contributed by atoms with Crippen molar-refractivity contribution in [3.63, 3.8) is 0 Å². The van der Waals surface area contributed by atoms with Crippen LogP contribution in [0.2, 0.25) is 0 Å². The molecule has 0 aliphatic heterocycles. The molecule has 2 N–H and O–H groups in total. The molecule has 5 rings (SSSR count). The van der Waals surface area contributed by atoms with Crippen LogP contribution in [0.1, 0.15) is 27.2 Å². The van der Waals surface area contributed by atoms with Crippen LogP contribution < -0.4 is 10.6 Å². The Bertz CT molecular complexity index is 1510. The Balaban J connectivity index is 1.31. The number of anilines is 3. The lowest BCUT2D eigenvalue weighted by Gasteiger charge is -2.12. The molecule has 2 aromatic carbocycles. The molecule has 0 aliphatic rings. The molecule has 0 radical (unpaired) electrons. The molecule has 5 aromatic rings. The molecule has 0 aliphatic carbocycles. The number of hydrogen-bond donors (Lipinski definition) is 2. The Morgan fingerprint density at radius 1 is 0.972 bits per heavy atom. The van der Waals surface area contributed by atoms with Crippen molar-refractivity contribution in [2.24, 2.45) is 0 Å². The van der Waals surface area contributed by atoms with E-state index in [-0.39, 0.29) is 5.91 Å². The van der Waals surface area contributed by atoms with Crippen LogP contribution in [0.15, 0.2) is 91.8 Å². The summed E-state index contributed by atoms with van der Waals surface area (Å²) in [6.45, 7) is 4.61. The number of hydrogen-bond acceptors (Lipinski definition) is 6. The second-order valence-electron chi connectivity index (χ2n) is 8.50. The molecule has 3 heterocycles. The van der Waals surface area contributed by atoms with E-state index in [1.54, 1.807) is 31.0 Å². The number of nitrogens with one attached hydrogen (secondary N) is 2. The van der Waals surface area contributed by atoms with Crippen molar-refractivity contribution in [2.45, 2.75) is 20.4 Å². The zero-order chi connectivity index (χ0) is 24.9. The first-order valence-electron chi connectivity index (χ1n) is 11.5. The van der Waals surface area contributed by atoms with E-state index in [1.807, 2.05) is 79.2 Å². The molecule has 1 amide bonds. The number of imidazole rings is 1. The predicted octanol–water partition coefficient (Wildman–Crippen LogP) is 5.40. The minimum absolute atomic E-state index is 0.196. The van der Waals surface area contributed by atoms with Gasteiger partial charge in [-0.05, 0) is 67.4 Å². The number of amides is 1. The number of carbonyl (C=O) groups is 1. The van der Waals surface area contributed by atoms with Crippen molar-refractivity contribution in [1.29, 1.82) is 0 Å². The normalized spacial score (nSPS) is 10.7. The molecule has 0 spiro atoms. The van der Waals surface area contributed by atoms with Gasteiger partial charge in [-0.25, -0.2) is 15.0 Å². The van der Waals surface area contributed by atoms with E-state index >= 15 is 0 Å². The van der Waals surface area contributed by atoms with E-state index in [1.165, 1.54) is 0 Å². The smallest absolute Gasteiger partial charge is 0.255 e. The van der Waals surface area contributed by atoms with Gasteiger partial charge in [-0.1, -0.05) is 18.2 Å². The maximum absolute atomic E-state index is 13.0. The van der Waals surface area contributed by atoms with Crippen LogP contribution in [-0.4, -0.2) is 30.4 Å². The van der Waals surface area contributed by atoms with Gasteiger partial charge in [-0.2, -0.15) is 0 Å². The summed E-state index contributed by atoms with van der Waals surface area (Å²) in [4.78, 5) is 30.4. The number of aromatic nitrogens is 5. The fourth-order valence-corrected chi connectivity index (χ4v) is 3.83. The first kappa shape index (κ1) is 22.9. The summed E-state index contributed by atoms with van der Waals surface area (Å²) in [5, 5.41) is 6.25. The lowest BCUT2D eigenvalue weighted by Crippen LogP contribution is -2.13.